The van der Waals surface area contributed by atoms with Crippen molar-refractivity contribution in [2.75, 3.05) is 20.6 Å². The van der Waals surface area contributed by atoms with Gasteiger partial charge in [-0.2, -0.15) is 0 Å². The number of halogens is 1. The Kier molecular flexibility index (Phi) is 9.57. The predicted octanol–water partition coefficient (Wildman–Crippen LogP) is 1.24. The van der Waals surface area contributed by atoms with Crippen molar-refractivity contribution in [3.63, 3.8) is 0 Å². The fourth-order valence-corrected chi connectivity index (χ4v) is 0.576. The Bertz CT molecular complexity index is 157. The summed E-state index contributed by atoms with van der Waals surface area (Å²) in [5.74, 6) is 0.689. The Balaban J connectivity index is 0. The van der Waals surface area contributed by atoms with Crippen LogP contribution in [-0.4, -0.2) is 42.8 Å². The third-order valence-corrected chi connectivity index (χ3v) is 1.13. The summed E-state index contributed by atoms with van der Waals surface area (Å²) in [7, 11) is 3.71. The molecule has 0 bridgehead atoms. The maximum atomic E-state index is 8.25. The molecule has 0 spiro atoms. The summed E-state index contributed by atoms with van der Waals surface area (Å²) in [5, 5.41) is 11.2. The third kappa shape index (κ3) is 5.97. The normalized spacial score (nSPS) is 11.4. The first-order valence-electron chi connectivity index (χ1n) is 3.61. The highest BCUT2D eigenvalue weighted by molar-refractivity contribution is 6.28. The minimum Gasteiger partial charge on any atom is -0.411 e. The molecule has 4 nitrogen and oxygen atoms in total. The van der Waals surface area contributed by atoms with E-state index in [-0.39, 0.29) is 12.4 Å². The zero-order chi connectivity index (χ0) is 8.69. The van der Waals surface area contributed by atoms with E-state index in [4.69, 9.17) is 5.21 Å². The van der Waals surface area contributed by atoms with Crippen molar-refractivity contribution in [2.24, 2.45) is 10.1 Å². The maximum Gasteiger partial charge on any atom is 0.145 e. The second-order valence-corrected chi connectivity index (χ2v) is 2.38. The van der Waals surface area contributed by atoms with Crippen molar-refractivity contribution in [3.05, 3.63) is 0 Å². The Labute approximate surface area is 79.4 Å². The number of hydrogen-bond donors (Lipinski definition) is 1. The molecule has 0 aliphatic rings. The molecule has 0 aromatic heterocycles. The first-order valence-corrected chi connectivity index (χ1v) is 3.61. The van der Waals surface area contributed by atoms with Crippen molar-refractivity contribution in [2.45, 2.75) is 13.3 Å². The maximum absolute atomic E-state index is 8.25. The van der Waals surface area contributed by atoms with Gasteiger partial charge in [0.2, 0.25) is 0 Å². The molecule has 0 atom stereocenters. The lowest BCUT2D eigenvalue weighted by Gasteiger charge is -2.10. The SMILES string of the molecule is CCC/N=C(\C=N\O)N(C)C.Cl. The highest BCUT2D eigenvalue weighted by atomic mass is 35.5. The number of nitrogens with zero attached hydrogens (tertiary/aromatic N) is 3. The van der Waals surface area contributed by atoms with Crippen molar-refractivity contribution in [1.82, 2.24) is 4.90 Å². The largest absolute Gasteiger partial charge is 0.411 e. The Morgan fingerprint density at radius 3 is 2.42 bits per heavy atom. The Hall–Kier alpha value is -0.770. The lowest BCUT2D eigenvalue weighted by molar-refractivity contribution is 0.322. The van der Waals surface area contributed by atoms with E-state index >= 15 is 0 Å². The fraction of sp³-hybridized carbons (Fsp3) is 0.714. The van der Waals surface area contributed by atoms with Gasteiger partial charge in [-0.05, 0) is 6.42 Å². The molecular weight excluding hydrogens is 178 g/mol. The van der Waals surface area contributed by atoms with Crippen molar-refractivity contribution >= 4 is 24.5 Å². The van der Waals surface area contributed by atoms with Gasteiger partial charge in [0.25, 0.3) is 0 Å². The standard InChI is InChI=1S/C7H15N3O.ClH/c1-4-5-8-7(6-9-11)10(2)3;/h6,11H,4-5H2,1-3H3;1H/b8-7+,9-6+;. The Morgan fingerprint density at radius 2 is 2.08 bits per heavy atom. The smallest absolute Gasteiger partial charge is 0.145 e. The van der Waals surface area contributed by atoms with E-state index in [9.17, 15) is 0 Å². The number of rotatable bonds is 3. The number of oxime groups is 1. The van der Waals surface area contributed by atoms with Crippen LogP contribution in [0.4, 0.5) is 0 Å². The monoisotopic (exact) mass is 193 g/mol. The summed E-state index contributed by atoms with van der Waals surface area (Å²) in [6.45, 7) is 2.81. The average Bonchev–Trinajstić information content (AvgIpc) is 1.97. The first kappa shape index (κ1) is 13.8. The summed E-state index contributed by atoms with van der Waals surface area (Å²) < 4.78 is 0. The minimum absolute atomic E-state index is 0. The molecule has 0 radical (unpaired) electrons. The van der Waals surface area contributed by atoms with Crippen LogP contribution in [0.1, 0.15) is 13.3 Å². The van der Waals surface area contributed by atoms with Crippen LogP contribution in [0, 0.1) is 0 Å². The summed E-state index contributed by atoms with van der Waals surface area (Å²) >= 11 is 0. The van der Waals surface area contributed by atoms with Crippen molar-refractivity contribution in [1.29, 1.82) is 0 Å². The van der Waals surface area contributed by atoms with E-state index in [1.807, 2.05) is 21.0 Å². The van der Waals surface area contributed by atoms with Crippen LogP contribution in [0.3, 0.4) is 0 Å². The van der Waals surface area contributed by atoms with Gasteiger partial charge in [0.05, 0.1) is 0 Å². The molecule has 0 amide bonds. The molecule has 72 valence electrons. The molecule has 0 aliphatic carbocycles. The summed E-state index contributed by atoms with van der Waals surface area (Å²) in [6, 6.07) is 0. The van der Waals surface area contributed by atoms with Crippen LogP contribution in [0.25, 0.3) is 0 Å². The van der Waals surface area contributed by atoms with Crippen LogP contribution < -0.4 is 0 Å². The minimum atomic E-state index is 0. The van der Waals surface area contributed by atoms with E-state index in [0.29, 0.717) is 5.84 Å². The molecule has 0 aliphatic heterocycles. The van der Waals surface area contributed by atoms with Crippen LogP contribution in [0.5, 0.6) is 0 Å². The molecule has 0 heterocycles. The van der Waals surface area contributed by atoms with Crippen LogP contribution in [0.15, 0.2) is 10.1 Å². The predicted molar refractivity (Wildman–Crippen MR) is 53.8 cm³/mol. The van der Waals surface area contributed by atoms with Gasteiger partial charge in [0.1, 0.15) is 12.1 Å². The summed E-state index contributed by atoms with van der Waals surface area (Å²) in [5.41, 5.74) is 0. The van der Waals surface area contributed by atoms with Gasteiger partial charge >= 0.3 is 0 Å². The topological polar surface area (TPSA) is 48.2 Å². The molecule has 0 unspecified atom stereocenters. The van der Waals surface area contributed by atoms with E-state index in [1.165, 1.54) is 6.21 Å². The fourth-order valence-electron chi connectivity index (χ4n) is 0.576. The number of aliphatic imine (C=N–C) groups is 1. The molecule has 1 N–H and O–H groups in total. The zero-order valence-corrected chi connectivity index (χ0v) is 8.51. The lowest BCUT2D eigenvalue weighted by atomic mass is 10.5. The van der Waals surface area contributed by atoms with E-state index in [1.54, 1.807) is 4.90 Å². The van der Waals surface area contributed by atoms with E-state index < -0.39 is 0 Å². The third-order valence-electron chi connectivity index (χ3n) is 1.13. The molecule has 0 aromatic carbocycles. The zero-order valence-electron chi connectivity index (χ0n) is 7.69. The molecule has 5 heteroatoms. The van der Waals surface area contributed by atoms with Gasteiger partial charge in [0.15, 0.2) is 0 Å². The quantitative estimate of drug-likeness (QED) is 0.317. The van der Waals surface area contributed by atoms with Crippen LogP contribution >= 0.6 is 12.4 Å². The molecule has 0 saturated carbocycles. The highest BCUT2D eigenvalue weighted by Gasteiger charge is 1.95. The van der Waals surface area contributed by atoms with Gasteiger partial charge in [-0.25, -0.2) is 0 Å². The highest BCUT2D eigenvalue weighted by Crippen LogP contribution is 1.84. The van der Waals surface area contributed by atoms with Gasteiger partial charge < -0.3 is 10.1 Å². The van der Waals surface area contributed by atoms with Crippen molar-refractivity contribution < 1.29 is 5.21 Å². The summed E-state index contributed by atoms with van der Waals surface area (Å²) in [6.07, 6.45) is 2.33. The van der Waals surface area contributed by atoms with Crippen molar-refractivity contribution in [3.8, 4) is 0 Å². The van der Waals surface area contributed by atoms with Gasteiger partial charge in [-0.3, -0.25) is 4.99 Å². The Morgan fingerprint density at radius 1 is 1.50 bits per heavy atom. The number of hydrogen-bond acceptors (Lipinski definition) is 3. The second kappa shape index (κ2) is 8.33. The molecule has 0 fully saturated rings. The summed E-state index contributed by atoms with van der Waals surface area (Å²) in [4.78, 5) is 5.97. The molecular formula is C7H16ClN3O. The van der Waals surface area contributed by atoms with E-state index in [2.05, 4.69) is 10.1 Å². The lowest BCUT2D eigenvalue weighted by Crippen LogP contribution is -2.23. The molecule has 0 saturated heterocycles. The second-order valence-electron chi connectivity index (χ2n) is 2.38. The van der Waals surface area contributed by atoms with E-state index in [0.717, 1.165) is 13.0 Å². The molecule has 12 heavy (non-hydrogen) atoms. The van der Waals surface area contributed by atoms with Crippen LogP contribution in [-0.2, 0) is 0 Å². The van der Waals surface area contributed by atoms with Gasteiger partial charge in [0, 0.05) is 20.6 Å². The van der Waals surface area contributed by atoms with Crippen LogP contribution in [0.2, 0.25) is 0 Å². The molecule has 0 aromatic rings. The first-order chi connectivity index (χ1) is 5.22. The van der Waals surface area contributed by atoms with Gasteiger partial charge in [-0.1, -0.05) is 12.1 Å². The van der Waals surface area contributed by atoms with Gasteiger partial charge in [-0.15, -0.1) is 12.4 Å². The number of amidine groups is 1. The molecule has 0 rings (SSSR count). The average molecular weight is 194 g/mol.